The Morgan fingerprint density at radius 2 is 0.763 bits per heavy atom. The first kappa shape index (κ1) is 34.3. The fraction of sp³-hybridized carbons (Fsp3) is 0.794. The number of phenolic OH excluding ortho intramolecular Hbond substituents is 1. The van der Waals surface area contributed by atoms with Crippen LogP contribution in [0.2, 0.25) is 0 Å². The molecule has 0 aliphatic rings. The Morgan fingerprint density at radius 1 is 0.447 bits per heavy atom. The highest BCUT2D eigenvalue weighted by Crippen LogP contribution is 2.41. The highest BCUT2D eigenvalue weighted by atomic mass is 16.4. The van der Waals surface area contributed by atoms with Crippen molar-refractivity contribution in [1.82, 2.24) is 0 Å². The third-order valence-corrected chi connectivity index (χ3v) is 8.08. The van der Waals surface area contributed by atoms with Crippen molar-refractivity contribution in [2.75, 3.05) is 0 Å². The fourth-order valence-corrected chi connectivity index (χ4v) is 5.73. The smallest absolute Gasteiger partial charge is 0.339 e. The van der Waals surface area contributed by atoms with E-state index in [1.54, 1.807) is 0 Å². The number of carboxylic acid groups (broad SMARTS) is 1. The summed E-state index contributed by atoms with van der Waals surface area (Å²) in [6.07, 6.45) is 27.1. The minimum absolute atomic E-state index is 0.0604. The van der Waals surface area contributed by atoms with Crippen molar-refractivity contribution in [3.05, 3.63) is 22.3 Å². The molecule has 0 fully saturated rings. The van der Waals surface area contributed by atoms with Crippen LogP contribution in [0.4, 0.5) is 0 Å². The van der Waals surface area contributed by atoms with Gasteiger partial charge in [-0.2, -0.15) is 0 Å². The molecule has 0 radical (unpaired) electrons. The molecule has 0 aliphatic carbocycles. The number of aromatic carboxylic acids is 1. The summed E-state index contributed by atoms with van der Waals surface area (Å²) < 4.78 is 0. The first-order valence-electron chi connectivity index (χ1n) is 16.3. The lowest BCUT2D eigenvalue weighted by Crippen LogP contribution is -2.11. The zero-order chi connectivity index (χ0) is 28.0. The SMILES string of the molecule is CCCCCCCCCc1c(O)c(O)c(C(=O)O)c(CCCCCCCCC)c1CCCCCCCCC. The summed E-state index contributed by atoms with van der Waals surface area (Å²) >= 11 is 0. The lowest BCUT2D eigenvalue weighted by Gasteiger charge is -2.21. The van der Waals surface area contributed by atoms with Crippen LogP contribution in [0, 0.1) is 0 Å². The number of aromatic hydroxyl groups is 2. The Morgan fingerprint density at radius 3 is 1.13 bits per heavy atom. The predicted octanol–water partition coefficient (Wildman–Crippen LogP) is 10.7. The van der Waals surface area contributed by atoms with Crippen LogP contribution in [0.15, 0.2) is 0 Å². The molecule has 0 saturated heterocycles. The molecule has 0 aliphatic heterocycles. The van der Waals surface area contributed by atoms with Gasteiger partial charge in [0.1, 0.15) is 5.56 Å². The third kappa shape index (κ3) is 13.4. The van der Waals surface area contributed by atoms with E-state index in [4.69, 9.17) is 0 Å². The first-order chi connectivity index (χ1) is 18.5. The molecule has 0 saturated carbocycles. The molecule has 0 amide bonds. The van der Waals surface area contributed by atoms with E-state index in [1.165, 1.54) is 96.3 Å². The van der Waals surface area contributed by atoms with Crippen molar-refractivity contribution in [2.24, 2.45) is 0 Å². The molecule has 0 heterocycles. The lowest BCUT2D eigenvalue weighted by atomic mass is 9.85. The highest BCUT2D eigenvalue weighted by Gasteiger charge is 2.26. The molecule has 1 rings (SSSR count). The van der Waals surface area contributed by atoms with E-state index in [0.29, 0.717) is 12.8 Å². The molecule has 1 aromatic rings. The molecule has 38 heavy (non-hydrogen) atoms. The Balaban J connectivity index is 3.02. The van der Waals surface area contributed by atoms with Gasteiger partial charge >= 0.3 is 5.97 Å². The van der Waals surface area contributed by atoms with Gasteiger partial charge in [-0.15, -0.1) is 0 Å². The van der Waals surface area contributed by atoms with Gasteiger partial charge in [0.2, 0.25) is 0 Å². The summed E-state index contributed by atoms with van der Waals surface area (Å²) in [5.41, 5.74) is 2.55. The van der Waals surface area contributed by atoms with Crippen LogP contribution in [0.1, 0.15) is 183 Å². The quantitative estimate of drug-likeness (QED) is 0.0864. The van der Waals surface area contributed by atoms with Crippen LogP contribution in [0.5, 0.6) is 11.5 Å². The molecule has 0 spiro atoms. The van der Waals surface area contributed by atoms with E-state index in [-0.39, 0.29) is 11.3 Å². The van der Waals surface area contributed by atoms with Crippen LogP contribution in [-0.4, -0.2) is 21.3 Å². The minimum Gasteiger partial charge on any atom is -0.504 e. The van der Waals surface area contributed by atoms with Gasteiger partial charge in [-0.1, -0.05) is 136 Å². The molecule has 0 bridgehead atoms. The van der Waals surface area contributed by atoms with Gasteiger partial charge in [-0.25, -0.2) is 4.79 Å². The lowest BCUT2D eigenvalue weighted by molar-refractivity contribution is 0.0691. The molecule has 220 valence electrons. The Bertz CT molecular complexity index is 756. The molecular weight excluding hydrogens is 472 g/mol. The molecule has 0 atom stereocenters. The molecule has 1 aromatic carbocycles. The summed E-state index contributed by atoms with van der Waals surface area (Å²) in [6, 6.07) is 0. The minimum atomic E-state index is -1.13. The number of rotatable bonds is 25. The largest absolute Gasteiger partial charge is 0.504 e. The monoisotopic (exact) mass is 532 g/mol. The second-order valence-corrected chi connectivity index (χ2v) is 11.4. The van der Waals surface area contributed by atoms with Crippen molar-refractivity contribution in [3.63, 3.8) is 0 Å². The van der Waals surface area contributed by atoms with Gasteiger partial charge in [-0.3, -0.25) is 0 Å². The summed E-state index contributed by atoms with van der Waals surface area (Å²) in [6.45, 7) is 6.69. The van der Waals surface area contributed by atoms with Gasteiger partial charge in [0, 0.05) is 5.56 Å². The molecule has 0 unspecified atom stereocenters. The Hall–Kier alpha value is -1.71. The average Bonchev–Trinajstić information content (AvgIpc) is 2.90. The van der Waals surface area contributed by atoms with Gasteiger partial charge < -0.3 is 15.3 Å². The fourth-order valence-electron chi connectivity index (χ4n) is 5.73. The Labute approximate surface area is 234 Å². The number of hydrogen-bond donors (Lipinski definition) is 3. The van der Waals surface area contributed by atoms with Crippen LogP contribution in [-0.2, 0) is 19.3 Å². The maximum atomic E-state index is 12.3. The summed E-state index contributed by atoms with van der Waals surface area (Å²) in [4.78, 5) is 12.3. The van der Waals surface area contributed by atoms with E-state index < -0.39 is 11.7 Å². The molecule has 4 nitrogen and oxygen atoms in total. The van der Waals surface area contributed by atoms with Crippen molar-refractivity contribution in [2.45, 2.75) is 175 Å². The highest BCUT2D eigenvalue weighted by molar-refractivity contribution is 5.94. The van der Waals surface area contributed by atoms with Crippen LogP contribution < -0.4 is 0 Å². The Kier molecular flexibility index (Phi) is 20.0. The molecule has 0 aromatic heterocycles. The zero-order valence-electron chi connectivity index (χ0n) is 25.2. The number of unbranched alkanes of at least 4 members (excludes halogenated alkanes) is 18. The normalized spacial score (nSPS) is 11.3. The summed E-state index contributed by atoms with van der Waals surface area (Å²) in [7, 11) is 0. The van der Waals surface area contributed by atoms with Gasteiger partial charge in [0.15, 0.2) is 11.5 Å². The number of carbonyl (C=O) groups is 1. The number of carboxylic acids is 1. The van der Waals surface area contributed by atoms with Crippen LogP contribution in [0.25, 0.3) is 0 Å². The summed E-state index contributed by atoms with van der Waals surface area (Å²) in [5, 5.41) is 31.8. The van der Waals surface area contributed by atoms with E-state index >= 15 is 0 Å². The van der Waals surface area contributed by atoms with Gasteiger partial charge in [-0.05, 0) is 49.7 Å². The van der Waals surface area contributed by atoms with Gasteiger partial charge in [0.25, 0.3) is 0 Å². The zero-order valence-corrected chi connectivity index (χ0v) is 25.2. The van der Waals surface area contributed by atoms with Crippen molar-refractivity contribution < 1.29 is 20.1 Å². The van der Waals surface area contributed by atoms with Crippen molar-refractivity contribution in [1.29, 1.82) is 0 Å². The summed E-state index contributed by atoms with van der Waals surface area (Å²) in [5.74, 6) is -1.73. The average molecular weight is 533 g/mol. The molecule has 3 N–H and O–H groups in total. The third-order valence-electron chi connectivity index (χ3n) is 8.08. The predicted molar refractivity (Wildman–Crippen MR) is 162 cm³/mol. The molecular formula is C34H60O4. The van der Waals surface area contributed by atoms with Crippen LogP contribution in [0.3, 0.4) is 0 Å². The standard InChI is InChI=1S/C34H60O4/c1-4-7-10-13-16-19-22-25-28-29(26-23-20-17-14-11-8-5-2)31(34(37)38)33(36)32(35)30(28)27-24-21-18-15-12-9-6-3/h35-36H,4-27H2,1-3H3,(H,37,38). The molecule has 4 heteroatoms. The van der Waals surface area contributed by atoms with Crippen LogP contribution >= 0.6 is 0 Å². The maximum Gasteiger partial charge on any atom is 0.339 e. The number of phenols is 2. The van der Waals surface area contributed by atoms with Gasteiger partial charge in [0.05, 0.1) is 0 Å². The first-order valence-corrected chi connectivity index (χ1v) is 16.3. The number of hydrogen-bond acceptors (Lipinski definition) is 3. The van der Waals surface area contributed by atoms with E-state index in [2.05, 4.69) is 20.8 Å². The second-order valence-electron chi connectivity index (χ2n) is 11.4. The second kappa shape index (κ2) is 22.1. The van der Waals surface area contributed by atoms with E-state index in [1.807, 2.05) is 0 Å². The van der Waals surface area contributed by atoms with E-state index in [9.17, 15) is 20.1 Å². The topological polar surface area (TPSA) is 77.8 Å². The van der Waals surface area contributed by atoms with Crippen molar-refractivity contribution in [3.8, 4) is 11.5 Å². The maximum absolute atomic E-state index is 12.3. The number of benzene rings is 1. The van der Waals surface area contributed by atoms with E-state index in [0.717, 1.165) is 61.6 Å². The van der Waals surface area contributed by atoms with Crippen molar-refractivity contribution >= 4 is 5.97 Å².